The summed E-state index contributed by atoms with van der Waals surface area (Å²) in [6.45, 7) is 32.2. The van der Waals surface area contributed by atoms with Crippen LogP contribution >= 0.6 is 14.4 Å². The number of hydrogen-bond acceptors (Lipinski definition) is 2. The maximum Gasteiger partial charge on any atom is 2.00 e. The van der Waals surface area contributed by atoms with Gasteiger partial charge in [-0.25, -0.2) is 0 Å². The van der Waals surface area contributed by atoms with Gasteiger partial charge >= 0.3 is 65.4 Å². The molecule has 0 spiro atoms. The fourth-order valence-corrected chi connectivity index (χ4v) is 29.5. The molecule has 308 valence electrons. The molecule has 4 aromatic rings. The minimum absolute atomic E-state index is 0. The van der Waals surface area contributed by atoms with Crippen LogP contribution in [0, 0.1) is 0 Å². The second-order valence-electron chi connectivity index (χ2n) is 18.5. The van der Waals surface area contributed by atoms with Crippen molar-refractivity contribution < 1.29 is 18.3 Å². The van der Waals surface area contributed by atoms with E-state index in [0.717, 1.165) is 26.4 Å². The molecule has 2 N–H and O–H groups in total. The zero-order valence-electron chi connectivity index (χ0n) is 37.5. The summed E-state index contributed by atoms with van der Waals surface area (Å²) in [6.07, 6.45) is 5.11. The summed E-state index contributed by atoms with van der Waals surface area (Å²) >= 11 is 0. The van der Waals surface area contributed by atoms with Crippen molar-refractivity contribution in [1.29, 1.82) is 0 Å². The standard InChI is InChI=1S/2C18H28N2PSi2.2C4H8O.Ba/c2*1-22(2,3)19-21(20-23(4,5)6,17-13-9-7-10-14-17)18-15-11-8-12-16-18;2*1-2-4-5-3-1;/h2*7-16H,1-6H3;2*1-4H2;/q2*-1;;;+2/p+2. The Labute approximate surface area is 393 Å². The van der Waals surface area contributed by atoms with E-state index in [9.17, 15) is 0 Å². The molecule has 0 unspecified atom stereocenters. The second-order valence-corrected chi connectivity index (χ2v) is 44.2. The van der Waals surface area contributed by atoms with E-state index >= 15 is 0 Å². The van der Waals surface area contributed by atoms with E-state index < -0.39 is 47.4 Å². The number of ether oxygens (including phenoxy) is 2. The molecule has 2 fully saturated rings. The third-order valence-electron chi connectivity index (χ3n) is 8.07. The molecule has 2 heterocycles. The molecule has 13 heteroatoms. The van der Waals surface area contributed by atoms with Crippen LogP contribution in [0.1, 0.15) is 25.7 Å². The molecule has 2 aliphatic heterocycles. The van der Waals surface area contributed by atoms with Gasteiger partial charge in [0.05, 0.1) is 0 Å². The van der Waals surface area contributed by atoms with E-state index in [1.165, 1.54) is 46.9 Å². The third-order valence-corrected chi connectivity index (χ3v) is 27.4. The van der Waals surface area contributed by atoms with Crippen LogP contribution in [0.2, 0.25) is 78.6 Å². The van der Waals surface area contributed by atoms with E-state index in [-0.39, 0.29) is 48.9 Å². The number of rotatable bonds is 10. The van der Waals surface area contributed by atoms with E-state index in [0.29, 0.717) is 0 Å². The minimum Gasteiger partial charge on any atom is -0.580 e. The molecule has 4 aromatic carbocycles. The van der Waals surface area contributed by atoms with Gasteiger partial charge in [-0.3, -0.25) is 0 Å². The molecule has 0 radical (unpaired) electrons. The molecule has 2 saturated heterocycles. The first kappa shape index (κ1) is 52.8. The van der Waals surface area contributed by atoms with Crippen molar-refractivity contribution in [1.82, 2.24) is 0 Å². The molecule has 2 aliphatic rings. The second kappa shape index (κ2) is 24.9. The van der Waals surface area contributed by atoms with Crippen LogP contribution in [0.15, 0.2) is 121 Å². The first-order chi connectivity index (χ1) is 26.2. The molecule has 0 aliphatic carbocycles. The van der Waals surface area contributed by atoms with E-state index in [1.54, 1.807) is 0 Å². The predicted octanol–water partition coefficient (Wildman–Crippen LogP) is 8.97. The number of benzene rings is 4. The predicted molar refractivity (Wildman–Crippen MR) is 266 cm³/mol. The normalized spacial score (nSPS) is 14.7. The maximum atomic E-state index is 5.54. The summed E-state index contributed by atoms with van der Waals surface area (Å²) in [4.78, 5) is 0. The fraction of sp³-hybridized carbons (Fsp3) is 0.455. The molecule has 0 amide bonds. The molecule has 6 rings (SSSR count). The summed E-state index contributed by atoms with van der Waals surface area (Å²) in [6, 6.07) is 43.4. The van der Waals surface area contributed by atoms with Gasteiger partial charge in [-0.2, -0.15) is 0 Å². The van der Waals surface area contributed by atoms with Crippen LogP contribution in [0.3, 0.4) is 0 Å². The topological polar surface area (TPSA) is 74.6 Å². The Morgan fingerprint density at radius 1 is 0.386 bits per heavy atom. The average Bonchev–Trinajstić information content (AvgIpc) is 3.91. The minimum atomic E-state index is -1.95. The van der Waals surface area contributed by atoms with Crippen molar-refractivity contribution in [2.24, 2.45) is 0 Å². The van der Waals surface area contributed by atoms with Gasteiger partial charge in [0.2, 0.25) is 0 Å². The van der Waals surface area contributed by atoms with Gasteiger partial charge in [0, 0.05) is 62.1 Å². The van der Waals surface area contributed by atoms with Crippen LogP contribution in [0.4, 0.5) is 0 Å². The first-order valence-corrected chi connectivity index (χ1v) is 37.9. The molecule has 0 atom stereocenters. The van der Waals surface area contributed by atoms with Crippen LogP contribution in [-0.2, 0) is 9.47 Å². The molecular formula is C44H74BaN4O2P2Si4+2. The van der Waals surface area contributed by atoms with Gasteiger partial charge in [-0.1, -0.05) is 177 Å². The Balaban J connectivity index is 0.000000310. The molecular weight excluding hydrogens is 928 g/mol. The van der Waals surface area contributed by atoms with E-state index in [1.807, 2.05) is 0 Å². The first-order valence-electron chi connectivity index (χ1n) is 20.5. The van der Waals surface area contributed by atoms with Gasteiger partial charge in [-0.05, 0) is 65.0 Å². The van der Waals surface area contributed by atoms with Crippen LogP contribution in [-0.4, -0.2) is 108 Å². The Morgan fingerprint density at radius 2 is 0.596 bits per heavy atom. The van der Waals surface area contributed by atoms with Gasteiger partial charge < -0.3 is 27.8 Å². The van der Waals surface area contributed by atoms with Crippen LogP contribution < -0.4 is 30.0 Å². The Kier molecular flexibility index (Phi) is 23.1. The molecule has 0 bridgehead atoms. The summed E-state index contributed by atoms with van der Waals surface area (Å²) in [5.41, 5.74) is 0. The summed E-state index contributed by atoms with van der Waals surface area (Å²) in [5.74, 6) is 0. The summed E-state index contributed by atoms with van der Waals surface area (Å²) in [7, 11) is -10.2. The van der Waals surface area contributed by atoms with Crippen molar-refractivity contribution in [3.05, 3.63) is 131 Å². The number of hydrogen-bond donors (Lipinski definition) is 2. The number of nitrogens with one attached hydrogen (secondary N) is 2. The van der Waals surface area contributed by atoms with Gasteiger partial charge in [0.15, 0.2) is 0 Å². The van der Waals surface area contributed by atoms with E-state index in [4.69, 9.17) is 19.0 Å². The molecule has 6 nitrogen and oxygen atoms in total. The smallest absolute Gasteiger partial charge is 0.580 e. The summed E-state index contributed by atoms with van der Waals surface area (Å²) in [5, 5.41) is 5.37. The largest absolute Gasteiger partial charge is 2.00 e. The zero-order valence-corrected chi connectivity index (χ0v) is 47.7. The Hall–Kier alpha value is -0.381. The van der Waals surface area contributed by atoms with Crippen molar-refractivity contribution >= 4 is 117 Å². The fourth-order valence-electron chi connectivity index (χ4n) is 6.30. The van der Waals surface area contributed by atoms with Crippen molar-refractivity contribution in [2.45, 2.75) is 104 Å². The maximum absolute atomic E-state index is 5.54. The van der Waals surface area contributed by atoms with Crippen molar-refractivity contribution in [3.63, 3.8) is 0 Å². The van der Waals surface area contributed by atoms with Crippen molar-refractivity contribution in [2.75, 3.05) is 26.4 Å². The average molecular weight is 1000 g/mol. The third kappa shape index (κ3) is 19.9. The van der Waals surface area contributed by atoms with Crippen LogP contribution in [0.25, 0.3) is 9.51 Å². The summed E-state index contributed by atoms with van der Waals surface area (Å²) < 4.78 is 29.1. The zero-order chi connectivity index (χ0) is 41.4. The molecule has 0 aromatic heterocycles. The monoisotopic (exact) mass is 1000 g/mol. The molecule has 0 saturated carbocycles. The van der Waals surface area contributed by atoms with Crippen LogP contribution in [0.5, 0.6) is 0 Å². The van der Waals surface area contributed by atoms with Gasteiger partial charge in [-0.15, -0.1) is 0 Å². The van der Waals surface area contributed by atoms with Crippen molar-refractivity contribution in [3.8, 4) is 0 Å². The number of nitrogens with zero attached hydrogens (tertiary/aromatic N) is 2. The van der Waals surface area contributed by atoms with Gasteiger partial charge in [0.1, 0.15) is 0 Å². The SMILES string of the molecule is C1CCOC1.C1CCOC1.C[Si](C)(C)[N-]P(=[NH+][Si](C)(C)C)(c1ccccc1)c1ccccc1.C[Si](C)(C)[N-]P(=[NH+][Si](C)(C)C)(c1ccccc1)c1ccccc1.[Ba+2]. The Morgan fingerprint density at radius 3 is 0.737 bits per heavy atom. The quantitative estimate of drug-likeness (QED) is 0.123. The van der Waals surface area contributed by atoms with Gasteiger partial charge in [0.25, 0.3) is 0 Å². The van der Waals surface area contributed by atoms with E-state index in [2.05, 4.69) is 209 Å². The molecule has 57 heavy (non-hydrogen) atoms. The Bertz CT molecular complexity index is 1570.